The van der Waals surface area contributed by atoms with Crippen LogP contribution in [-0.4, -0.2) is 0 Å². The van der Waals surface area contributed by atoms with Gasteiger partial charge < -0.3 is 0 Å². The Balaban J connectivity index is 2.17. The topological polar surface area (TPSA) is 23.8 Å². The van der Waals surface area contributed by atoms with Crippen molar-refractivity contribution in [3.05, 3.63) is 0 Å². The van der Waals surface area contributed by atoms with Crippen LogP contribution >= 0.6 is 0 Å². The van der Waals surface area contributed by atoms with Crippen LogP contribution in [0.15, 0.2) is 0 Å². The number of terminal acetylenes is 1. The summed E-state index contributed by atoms with van der Waals surface area (Å²) >= 11 is 0. The first-order valence-corrected chi connectivity index (χ1v) is 3.13. The largest absolute Gasteiger partial charge is 0.198 e. The second-order valence-corrected chi connectivity index (χ2v) is 3.35. The number of nitrogens with zero attached hydrogens (tertiary/aromatic N) is 1. The van der Waals surface area contributed by atoms with Gasteiger partial charge in [0.2, 0.25) is 0 Å². The molecule has 3 aliphatic carbocycles. The Morgan fingerprint density at radius 1 is 1.22 bits per heavy atom. The minimum absolute atomic E-state index is 0.0341. The molecule has 0 aromatic heterocycles. The summed E-state index contributed by atoms with van der Waals surface area (Å²) in [6.07, 6.45) is 8.16. The summed E-state index contributed by atoms with van der Waals surface area (Å²) in [5.74, 6) is 2.75. The molecule has 0 heterocycles. The fourth-order valence-electron chi connectivity index (χ4n) is 2.06. The van der Waals surface area contributed by atoms with Gasteiger partial charge in [0.1, 0.15) is 0 Å². The minimum atomic E-state index is 0.0341. The lowest BCUT2D eigenvalue weighted by molar-refractivity contribution is -0.114. The molecule has 0 aliphatic heterocycles. The first-order chi connectivity index (χ1) is 4.24. The monoisotopic (exact) mass is 117 g/mol. The molecule has 3 rings (SSSR count). The van der Waals surface area contributed by atoms with Crippen molar-refractivity contribution >= 4 is 0 Å². The molecule has 9 heavy (non-hydrogen) atoms. The van der Waals surface area contributed by atoms with Crippen LogP contribution in [0.5, 0.6) is 0 Å². The van der Waals surface area contributed by atoms with E-state index >= 15 is 0 Å². The number of hydrogen-bond acceptors (Lipinski definition) is 1. The summed E-state index contributed by atoms with van der Waals surface area (Å²) in [4.78, 5) is 0. The standard InChI is InChI=1S/C8H7N/c1-2-7-3-8(4-7,5-7)6-9/h1H,3-5H2. The molecule has 0 aromatic rings. The van der Waals surface area contributed by atoms with Crippen LogP contribution in [0.4, 0.5) is 0 Å². The second-order valence-electron chi connectivity index (χ2n) is 3.35. The number of hydrogen-bond donors (Lipinski definition) is 0. The van der Waals surface area contributed by atoms with Crippen LogP contribution in [0.2, 0.25) is 0 Å². The zero-order valence-corrected chi connectivity index (χ0v) is 5.15. The van der Waals surface area contributed by atoms with E-state index in [1.807, 2.05) is 0 Å². The summed E-state index contributed by atoms with van der Waals surface area (Å²) in [6, 6.07) is 2.31. The van der Waals surface area contributed by atoms with Crippen molar-refractivity contribution in [1.82, 2.24) is 0 Å². The van der Waals surface area contributed by atoms with Crippen LogP contribution in [0.25, 0.3) is 0 Å². The van der Waals surface area contributed by atoms with E-state index in [4.69, 9.17) is 11.7 Å². The summed E-state index contributed by atoms with van der Waals surface area (Å²) in [7, 11) is 0. The second kappa shape index (κ2) is 1.00. The molecule has 3 aliphatic rings. The van der Waals surface area contributed by atoms with Gasteiger partial charge in [-0.3, -0.25) is 0 Å². The predicted octanol–water partition coefficient (Wildman–Crippen LogP) is 1.31. The lowest BCUT2D eigenvalue weighted by atomic mass is 9.36. The third kappa shape index (κ3) is 0.338. The van der Waals surface area contributed by atoms with Gasteiger partial charge in [0.25, 0.3) is 0 Å². The zero-order chi connectivity index (χ0) is 6.54. The molecule has 2 bridgehead atoms. The first-order valence-electron chi connectivity index (χ1n) is 3.13. The van der Waals surface area contributed by atoms with Gasteiger partial charge in [-0.25, -0.2) is 0 Å². The highest BCUT2D eigenvalue weighted by atomic mass is 14.7. The lowest BCUT2D eigenvalue weighted by Gasteiger charge is -2.64. The highest BCUT2D eigenvalue weighted by Gasteiger charge is 2.67. The molecule has 0 unspecified atom stereocenters. The van der Waals surface area contributed by atoms with Crippen molar-refractivity contribution < 1.29 is 0 Å². The molecule has 0 aromatic carbocycles. The lowest BCUT2D eigenvalue weighted by Crippen LogP contribution is -2.59. The summed E-state index contributed by atoms with van der Waals surface area (Å²) in [5.41, 5.74) is 0.210. The normalized spacial score (nSPS) is 51.8. The van der Waals surface area contributed by atoms with Crippen LogP contribution in [0.3, 0.4) is 0 Å². The molecule has 0 N–H and O–H groups in total. The van der Waals surface area contributed by atoms with Crippen molar-refractivity contribution in [3.63, 3.8) is 0 Å². The molecule has 0 radical (unpaired) electrons. The van der Waals surface area contributed by atoms with E-state index in [1.165, 1.54) is 0 Å². The van der Waals surface area contributed by atoms with Crippen molar-refractivity contribution in [2.45, 2.75) is 19.3 Å². The molecule has 1 heteroatoms. The molecule has 0 spiro atoms. The number of rotatable bonds is 0. The SMILES string of the molecule is C#CC12CC(C#N)(C1)C2. The fraction of sp³-hybridized carbons (Fsp3) is 0.625. The average molecular weight is 117 g/mol. The van der Waals surface area contributed by atoms with E-state index in [1.54, 1.807) is 0 Å². The van der Waals surface area contributed by atoms with E-state index in [0.29, 0.717) is 0 Å². The van der Waals surface area contributed by atoms with Gasteiger partial charge in [0.15, 0.2) is 0 Å². The van der Waals surface area contributed by atoms with Crippen LogP contribution in [0, 0.1) is 34.5 Å². The quantitative estimate of drug-likeness (QED) is 0.439. The van der Waals surface area contributed by atoms with Gasteiger partial charge >= 0.3 is 0 Å². The predicted molar refractivity (Wildman–Crippen MR) is 33.2 cm³/mol. The Morgan fingerprint density at radius 2 is 1.78 bits per heavy atom. The molecule has 1 nitrogen and oxygen atoms in total. The molecule has 3 saturated carbocycles. The van der Waals surface area contributed by atoms with Gasteiger partial charge in [-0.05, 0) is 19.3 Å². The third-order valence-corrected chi connectivity index (χ3v) is 2.57. The smallest absolute Gasteiger partial charge is 0.0691 e. The van der Waals surface area contributed by atoms with E-state index in [9.17, 15) is 0 Å². The third-order valence-electron chi connectivity index (χ3n) is 2.57. The highest BCUT2D eigenvalue weighted by molar-refractivity contribution is 5.34. The van der Waals surface area contributed by atoms with Crippen molar-refractivity contribution in [2.24, 2.45) is 10.8 Å². The Hall–Kier alpha value is -0.950. The van der Waals surface area contributed by atoms with Gasteiger partial charge in [0.05, 0.1) is 11.5 Å². The van der Waals surface area contributed by atoms with Gasteiger partial charge in [-0.15, -0.1) is 6.42 Å². The zero-order valence-electron chi connectivity index (χ0n) is 5.15. The van der Waals surface area contributed by atoms with E-state index in [0.717, 1.165) is 19.3 Å². The first kappa shape index (κ1) is 4.89. The summed E-state index contributed by atoms with van der Waals surface area (Å²) < 4.78 is 0. The molecule has 0 atom stereocenters. The van der Waals surface area contributed by atoms with Crippen LogP contribution in [0.1, 0.15) is 19.3 Å². The Morgan fingerprint density at radius 3 is 2.11 bits per heavy atom. The van der Waals surface area contributed by atoms with Gasteiger partial charge in [0, 0.05) is 5.41 Å². The summed E-state index contributed by atoms with van der Waals surface area (Å²) in [5, 5.41) is 8.57. The van der Waals surface area contributed by atoms with Crippen molar-refractivity contribution in [2.75, 3.05) is 0 Å². The molecule has 44 valence electrons. The molecular weight excluding hydrogens is 110 g/mol. The van der Waals surface area contributed by atoms with Crippen LogP contribution < -0.4 is 0 Å². The molecular formula is C8H7N. The Bertz CT molecular complexity index is 194. The fourth-order valence-corrected chi connectivity index (χ4v) is 2.06. The Kier molecular flexibility index (Phi) is 0.544. The highest BCUT2D eigenvalue weighted by Crippen LogP contribution is 2.72. The van der Waals surface area contributed by atoms with Crippen molar-refractivity contribution in [1.29, 1.82) is 5.26 Å². The van der Waals surface area contributed by atoms with E-state index in [-0.39, 0.29) is 10.8 Å². The van der Waals surface area contributed by atoms with Crippen LogP contribution in [-0.2, 0) is 0 Å². The van der Waals surface area contributed by atoms with Crippen molar-refractivity contribution in [3.8, 4) is 18.4 Å². The maximum Gasteiger partial charge on any atom is 0.0691 e. The van der Waals surface area contributed by atoms with E-state index < -0.39 is 0 Å². The maximum absolute atomic E-state index is 8.57. The number of nitriles is 1. The van der Waals surface area contributed by atoms with Gasteiger partial charge in [-0.2, -0.15) is 5.26 Å². The minimum Gasteiger partial charge on any atom is -0.198 e. The molecule has 0 saturated heterocycles. The van der Waals surface area contributed by atoms with E-state index in [2.05, 4.69) is 12.0 Å². The molecule has 0 amide bonds. The maximum atomic E-state index is 8.57. The average Bonchev–Trinajstić information content (AvgIpc) is 1.62. The Labute approximate surface area is 54.7 Å². The molecule has 3 fully saturated rings. The van der Waals surface area contributed by atoms with Gasteiger partial charge in [-0.1, -0.05) is 5.92 Å². The summed E-state index contributed by atoms with van der Waals surface area (Å²) in [6.45, 7) is 0.